The summed E-state index contributed by atoms with van der Waals surface area (Å²) in [5.41, 5.74) is 1.13. The summed E-state index contributed by atoms with van der Waals surface area (Å²) in [7, 11) is 0. The van der Waals surface area contributed by atoms with Gasteiger partial charge in [0.1, 0.15) is 0 Å². The van der Waals surface area contributed by atoms with E-state index in [0.29, 0.717) is 6.54 Å². The van der Waals surface area contributed by atoms with Gasteiger partial charge in [0, 0.05) is 18.9 Å². The first-order valence-electron chi connectivity index (χ1n) is 5.07. The van der Waals surface area contributed by atoms with Gasteiger partial charge in [0.25, 0.3) is 5.91 Å². The van der Waals surface area contributed by atoms with Gasteiger partial charge in [0.15, 0.2) is 0 Å². The molecule has 0 saturated carbocycles. The Morgan fingerprint density at radius 1 is 1.38 bits per heavy atom. The molecule has 0 aliphatic heterocycles. The number of carbonyl (C=O) groups excluding carboxylic acids is 1. The SMILES string of the molecule is O=C(NCCc1cccnc1)c1cccs1. The molecule has 2 heterocycles. The van der Waals surface area contributed by atoms with Gasteiger partial charge in [-0.25, -0.2) is 0 Å². The largest absolute Gasteiger partial charge is 0.351 e. The molecule has 0 aliphatic rings. The molecule has 0 atom stereocenters. The summed E-state index contributed by atoms with van der Waals surface area (Å²) in [5.74, 6) is -0.00103. The third-order valence-electron chi connectivity index (χ3n) is 2.17. The van der Waals surface area contributed by atoms with Gasteiger partial charge in [-0.1, -0.05) is 12.1 Å². The number of carbonyl (C=O) groups is 1. The smallest absolute Gasteiger partial charge is 0.261 e. The van der Waals surface area contributed by atoms with Gasteiger partial charge >= 0.3 is 0 Å². The second-order valence-corrected chi connectivity index (χ2v) is 4.29. The minimum absolute atomic E-state index is 0.00103. The second-order valence-electron chi connectivity index (χ2n) is 3.34. The molecule has 0 fully saturated rings. The van der Waals surface area contributed by atoms with Crippen molar-refractivity contribution >= 4 is 17.2 Å². The van der Waals surface area contributed by atoms with Gasteiger partial charge < -0.3 is 5.32 Å². The summed E-state index contributed by atoms with van der Waals surface area (Å²) < 4.78 is 0. The molecular formula is C12H12N2OS. The van der Waals surface area contributed by atoms with Crippen molar-refractivity contribution in [3.63, 3.8) is 0 Å². The van der Waals surface area contributed by atoms with Crippen molar-refractivity contribution in [1.82, 2.24) is 10.3 Å². The van der Waals surface area contributed by atoms with Crippen molar-refractivity contribution in [2.75, 3.05) is 6.54 Å². The zero-order valence-electron chi connectivity index (χ0n) is 8.72. The fourth-order valence-corrected chi connectivity index (χ4v) is 2.00. The van der Waals surface area contributed by atoms with Crippen LogP contribution in [-0.2, 0) is 6.42 Å². The van der Waals surface area contributed by atoms with Crippen molar-refractivity contribution in [2.24, 2.45) is 0 Å². The van der Waals surface area contributed by atoms with Crippen LogP contribution in [0.2, 0.25) is 0 Å². The molecule has 1 N–H and O–H groups in total. The average Bonchev–Trinajstić information content (AvgIpc) is 2.84. The summed E-state index contributed by atoms with van der Waals surface area (Å²) in [4.78, 5) is 16.4. The van der Waals surface area contributed by atoms with E-state index < -0.39 is 0 Å². The fourth-order valence-electron chi connectivity index (χ4n) is 1.36. The minimum atomic E-state index is -0.00103. The Hall–Kier alpha value is -1.68. The first-order valence-corrected chi connectivity index (χ1v) is 5.95. The van der Waals surface area contributed by atoms with Crippen LogP contribution in [0.15, 0.2) is 42.0 Å². The molecule has 0 bridgehead atoms. The topological polar surface area (TPSA) is 42.0 Å². The summed E-state index contributed by atoms with van der Waals surface area (Å²) >= 11 is 1.45. The van der Waals surface area contributed by atoms with Crippen LogP contribution in [0.4, 0.5) is 0 Å². The Morgan fingerprint density at radius 2 is 2.31 bits per heavy atom. The molecule has 3 nitrogen and oxygen atoms in total. The van der Waals surface area contributed by atoms with Crippen molar-refractivity contribution < 1.29 is 4.79 Å². The molecule has 0 aliphatic carbocycles. The van der Waals surface area contributed by atoms with E-state index in [1.807, 2.05) is 35.8 Å². The number of nitrogens with one attached hydrogen (secondary N) is 1. The Labute approximate surface area is 98.2 Å². The molecular weight excluding hydrogens is 220 g/mol. The zero-order valence-corrected chi connectivity index (χ0v) is 9.54. The van der Waals surface area contributed by atoms with Crippen molar-refractivity contribution in [1.29, 1.82) is 0 Å². The van der Waals surface area contributed by atoms with Gasteiger partial charge in [-0.05, 0) is 29.5 Å². The monoisotopic (exact) mass is 232 g/mol. The molecule has 2 rings (SSSR count). The molecule has 0 unspecified atom stereocenters. The normalized spacial score (nSPS) is 10.0. The third-order valence-corrected chi connectivity index (χ3v) is 3.04. The van der Waals surface area contributed by atoms with Gasteiger partial charge in [-0.15, -0.1) is 11.3 Å². The highest BCUT2D eigenvalue weighted by atomic mass is 32.1. The highest BCUT2D eigenvalue weighted by Gasteiger charge is 2.04. The molecule has 4 heteroatoms. The van der Waals surface area contributed by atoms with E-state index in [9.17, 15) is 4.79 Å². The number of thiophene rings is 1. The number of pyridine rings is 1. The maximum atomic E-state index is 11.6. The van der Waals surface area contributed by atoms with Gasteiger partial charge in [-0.2, -0.15) is 0 Å². The maximum Gasteiger partial charge on any atom is 0.261 e. The van der Waals surface area contributed by atoms with Crippen LogP contribution >= 0.6 is 11.3 Å². The molecule has 2 aromatic rings. The fraction of sp³-hybridized carbons (Fsp3) is 0.167. The lowest BCUT2D eigenvalue weighted by Crippen LogP contribution is -2.24. The highest BCUT2D eigenvalue weighted by molar-refractivity contribution is 7.12. The number of nitrogens with zero attached hydrogens (tertiary/aromatic N) is 1. The standard InChI is InChI=1S/C12H12N2OS/c15-12(11-4-2-8-16-11)14-7-5-10-3-1-6-13-9-10/h1-4,6,8-9H,5,7H2,(H,14,15). The average molecular weight is 232 g/mol. The number of amides is 1. The van der Waals surface area contributed by atoms with E-state index in [-0.39, 0.29) is 5.91 Å². The number of aromatic nitrogens is 1. The van der Waals surface area contributed by atoms with Crippen LogP contribution in [0.1, 0.15) is 15.2 Å². The first-order chi connectivity index (χ1) is 7.86. The number of rotatable bonds is 4. The Kier molecular flexibility index (Phi) is 3.66. The molecule has 16 heavy (non-hydrogen) atoms. The predicted octanol–water partition coefficient (Wildman–Crippen LogP) is 2.12. The Morgan fingerprint density at radius 3 is 3.00 bits per heavy atom. The predicted molar refractivity (Wildman–Crippen MR) is 64.6 cm³/mol. The molecule has 0 spiro atoms. The van der Waals surface area contributed by atoms with Crippen LogP contribution in [0, 0.1) is 0 Å². The van der Waals surface area contributed by atoms with Gasteiger partial charge in [0.05, 0.1) is 4.88 Å². The third kappa shape index (κ3) is 2.90. The summed E-state index contributed by atoms with van der Waals surface area (Å²) in [5, 5.41) is 4.78. The van der Waals surface area contributed by atoms with E-state index in [1.54, 1.807) is 6.20 Å². The van der Waals surface area contributed by atoms with E-state index >= 15 is 0 Å². The van der Waals surface area contributed by atoms with Crippen LogP contribution in [0.25, 0.3) is 0 Å². The molecule has 82 valence electrons. The summed E-state index contributed by atoms with van der Waals surface area (Å²) in [6.45, 7) is 0.641. The summed E-state index contributed by atoms with van der Waals surface area (Å²) in [6, 6.07) is 7.60. The molecule has 0 radical (unpaired) electrons. The van der Waals surface area contributed by atoms with E-state index in [1.165, 1.54) is 11.3 Å². The van der Waals surface area contributed by atoms with Crippen molar-refractivity contribution in [3.05, 3.63) is 52.5 Å². The lowest BCUT2D eigenvalue weighted by molar-refractivity contribution is 0.0958. The lowest BCUT2D eigenvalue weighted by Gasteiger charge is -2.03. The van der Waals surface area contributed by atoms with Gasteiger partial charge in [-0.3, -0.25) is 9.78 Å². The van der Waals surface area contributed by atoms with E-state index in [4.69, 9.17) is 0 Å². The molecule has 0 aromatic carbocycles. The van der Waals surface area contributed by atoms with E-state index in [0.717, 1.165) is 16.9 Å². The maximum absolute atomic E-state index is 11.6. The first kappa shape index (κ1) is 10.8. The molecule has 2 aromatic heterocycles. The quantitative estimate of drug-likeness (QED) is 0.877. The Bertz CT molecular complexity index is 439. The zero-order chi connectivity index (χ0) is 11.2. The van der Waals surface area contributed by atoms with E-state index in [2.05, 4.69) is 10.3 Å². The highest BCUT2D eigenvalue weighted by Crippen LogP contribution is 2.07. The van der Waals surface area contributed by atoms with Crippen molar-refractivity contribution in [2.45, 2.75) is 6.42 Å². The van der Waals surface area contributed by atoms with Gasteiger partial charge in [0.2, 0.25) is 0 Å². The molecule has 1 amide bonds. The molecule has 0 saturated heterocycles. The lowest BCUT2D eigenvalue weighted by atomic mass is 10.2. The summed E-state index contributed by atoms with van der Waals surface area (Å²) in [6.07, 6.45) is 4.37. The number of hydrogen-bond acceptors (Lipinski definition) is 3. The minimum Gasteiger partial charge on any atom is -0.351 e. The second kappa shape index (κ2) is 5.42. The number of hydrogen-bond donors (Lipinski definition) is 1. The van der Waals surface area contributed by atoms with Crippen molar-refractivity contribution in [3.8, 4) is 0 Å². The van der Waals surface area contributed by atoms with Crippen LogP contribution in [0.5, 0.6) is 0 Å². The van der Waals surface area contributed by atoms with Crippen LogP contribution in [-0.4, -0.2) is 17.4 Å². The van der Waals surface area contributed by atoms with Crippen LogP contribution in [0.3, 0.4) is 0 Å². The Balaban J connectivity index is 1.79. The van der Waals surface area contributed by atoms with Crippen LogP contribution < -0.4 is 5.32 Å².